The summed E-state index contributed by atoms with van der Waals surface area (Å²) in [4.78, 5) is 4.17. The molecule has 5 nitrogen and oxygen atoms in total. The van der Waals surface area contributed by atoms with Crippen LogP contribution in [-0.4, -0.2) is 31.0 Å². The molecule has 0 aliphatic heterocycles. The molecule has 0 bridgehead atoms. The molecule has 2 rings (SSSR count). The van der Waals surface area contributed by atoms with Gasteiger partial charge in [-0.05, 0) is 12.1 Å². The van der Waals surface area contributed by atoms with Crippen LogP contribution in [0.15, 0.2) is 29.0 Å². The van der Waals surface area contributed by atoms with E-state index < -0.39 is 10.0 Å². The molecule has 2 heterocycles. The third-order valence-electron chi connectivity index (χ3n) is 2.40. The van der Waals surface area contributed by atoms with Crippen molar-refractivity contribution in [1.29, 1.82) is 0 Å². The van der Waals surface area contributed by atoms with Crippen LogP contribution in [0.1, 0.15) is 5.69 Å². The Kier molecular flexibility index (Phi) is 2.69. The van der Waals surface area contributed by atoms with Gasteiger partial charge in [0.25, 0.3) is 0 Å². The predicted octanol–water partition coefficient (Wildman–Crippen LogP) is 1.22. The number of furan rings is 1. The van der Waals surface area contributed by atoms with Crippen LogP contribution in [-0.2, 0) is 16.6 Å². The maximum atomic E-state index is 11.3. The molecule has 16 heavy (non-hydrogen) atoms. The van der Waals surface area contributed by atoms with Gasteiger partial charge in [0.05, 0.1) is 24.8 Å². The highest BCUT2D eigenvalue weighted by molar-refractivity contribution is 7.88. The minimum absolute atomic E-state index is 0.246. The zero-order valence-corrected chi connectivity index (χ0v) is 9.86. The summed E-state index contributed by atoms with van der Waals surface area (Å²) >= 11 is 0. The zero-order valence-electron chi connectivity index (χ0n) is 9.04. The molecule has 2 aromatic rings. The average molecular weight is 240 g/mol. The largest absolute Gasteiger partial charge is 0.464 e. The normalized spacial score (nSPS) is 12.4. The minimum atomic E-state index is -3.19. The zero-order chi connectivity index (χ0) is 11.8. The first kappa shape index (κ1) is 11.1. The van der Waals surface area contributed by atoms with E-state index >= 15 is 0 Å². The highest BCUT2D eigenvalue weighted by Crippen LogP contribution is 2.19. The standard InChI is InChI=1S/C10H12N2O3S/c1-12(16(2,13)14)7-9-8-4-6-15-10(8)3-5-11-9/h3-6H,7H2,1-2H3. The van der Waals surface area contributed by atoms with Crippen LogP contribution in [0, 0.1) is 0 Å². The SMILES string of the molecule is CN(Cc1nccc2occc12)S(C)(=O)=O. The molecule has 0 spiro atoms. The molecule has 0 N–H and O–H groups in total. The highest BCUT2D eigenvalue weighted by atomic mass is 32.2. The van der Waals surface area contributed by atoms with Crippen LogP contribution in [0.2, 0.25) is 0 Å². The molecule has 86 valence electrons. The lowest BCUT2D eigenvalue weighted by molar-refractivity contribution is 0.469. The van der Waals surface area contributed by atoms with Crippen LogP contribution in [0.3, 0.4) is 0 Å². The van der Waals surface area contributed by atoms with Gasteiger partial charge in [-0.25, -0.2) is 8.42 Å². The van der Waals surface area contributed by atoms with Crippen LogP contribution in [0.25, 0.3) is 11.0 Å². The monoisotopic (exact) mass is 240 g/mol. The fraction of sp³-hybridized carbons (Fsp3) is 0.300. The number of sulfonamides is 1. The third kappa shape index (κ3) is 2.07. The van der Waals surface area contributed by atoms with Crippen molar-refractivity contribution in [3.63, 3.8) is 0 Å². The number of hydrogen-bond donors (Lipinski definition) is 0. The Morgan fingerprint density at radius 2 is 2.19 bits per heavy atom. The fourth-order valence-corrected chi connectivity index (χ4v) is 1.76. The van der Waals surface area contributed by atoms with Gasteiger partial charge in [0.1, 0.15) is 5.58 Å². The Bertz CT molecular complexity index is 603. The highest BCUT2D eigenvalue weighted by Gasteiger charge is 2.14. The number of fused-ring (bicyclic) bond motifs is 1. The predicted molar refractivity (Wildman–Crippen MR) is 60.3 cm³/mol. The van der Waals surface area contributed by atoms with E-state index in [1.54, 1.807) is 24.6 Å². The number of rotatable bonds is 3. The van der Waals surface area contributed by atoms with Gasteiger partial charge in [0, 0.05) is 18.6 Å². The molecule has 0 fully saturated rings. The number of aromatic nitrogens is 1. The molecule has 0 radical (unpaired) electrons. The molecular weight excluding hydrogens is 228 g/mol. The maximum absolute atomic E-state index is 11.3. The van der Waals surface area contributed by atoms with Gasteiger partial charge in [0.2, 0.25) is 10.0 Å². The smallest absolute Gasteiger partial charge is 0.211 e. The second kappa shape index (κ2) is 3.88. The molecule has 0 saturated carbocycles. The molecular formula is C10H12N2O3S. The second-order valence-corrected chi connectivity index (χ2v) is 5.70. The van der Waals surface area contributed by atoms with E-state index in [0.717, 1.165) is 5.39 Å². The molecule has 0 aliphatic rings. The Morgan fingerprint density at radius 1 is 1.44 bits per heavy atom. The van der Waals surface area contributed by atoms with Gasteiger partial charge in [-0.15, -0.1) is 0 Å². The first-order valence-electron chi connectivity index (χ1n) is 4.71. The van der Waals surface area contributed by atoms with Gasteiger partial charge >= 0.3 is 0 Å². The van der Waals surface area contributed by atoms with E-state index in [0.29, 0.717) is 11.3 Å². The number of hydrogen-bond acceptors (Lipinski definition) is 4. The topological polar surface area (TPSA) is 63.4 Å². The summed E-state index contributed by atoms with van der Waals surface area (Å²) in [6.45, 7) is 0.246. The van der Waals surface area contributed by atoms with Crippen LogP contribution in [0.5, 0.6) is 0 Å². The fourth-order valence-electron chi connectivity index (χ4n) is 1.41. The molecule has 0 saturated heterocycles. The Hall–Kier alpha value is -1.40. The molecule has 0 atom stereocenters. The summed E-state index contributed by atoms with van der Waals surface area (Å²) in [5, 5.41) is 0.845. The molecule has 0 aromatic carbocycles. The summed E-state index contributed by atoms with van der Waals surface area (Å²) in [7, 11) is -1.67. The number of nitrogens with zero attached hydrogens (tertiary/aromatic N) is 2. The average Bonchev–Trinajstić information content (AvgIpc) is 2.65. The summed E-state index contributed by atoms with van der Waals surface area (Å²) in [5.74, 6) is 0. The summed E-state index contributed by atoms with van der Waals surface area (Å²) in [6.07, 6.45) is 4.34. The molecule has 0 aliphatic carbocycles. The van der Waals surface area contributed by atoms with Crippen molar-refractivity contribution in [3.8, 4) is 0 Å². The quantitative estimate of drug-likeness (QED) is 0.809. The van der Waals surface area contributed by atoms with E-state index in [1.165, 1.54) is 17.6 Å². The molecule has 2 aromatic heterocycles. The van der Waals surface area contributed by atoms with E-state index in [2.05, 4.69) is 4.98 Å². The van der Waals surface area contributed by atoms with Crippen molar-refractivity contribution in [2.75, 3.05) is 13.3 Å². The maximum Gasteiger partial charge on any atom is 0.211 e. The van der Waals surface area contributed by atoms with E-state index in [9.17, 15) is 8.42 Å². The van der Waals surface area contributed by atoms with E-state index in [-0.39, 0.29) is 6.54 Å². The first-order chi connectivity index (χ1) is 7.48. The van der Waals surface area contributed by atoms with Gasteiger partial charge in [0.15, 0.2) is 0 Å². The van der Waals surface area contributed by atoms with Crippen LogP contribution in [0.4, 0.5) is 0 Å². The van der Waals surface area contributed by atoms with Gasteiger partial charge < -0.3 is 4.42 Å². The summed E-state index contributed by atoms with van der Waals surface area (Å²) < 4.78 is 29.0. The van der Waals surface area contributed by atoms with Crippen molar-refractivity contribution >= 4 is 21.0 Å². The molecule has 6 heteroatoms. The van der Waals surface area contributed by atoms with Crippen molar-refractivity contribution in [2.24, 2.45) is 0 Å². The van der Waals surface area contributed by atoms with Crippen molar-refractivity contribution in [2.45, 2.75) is 6.54 Å². The first-order valence-corrected chi connectivity index (χ1v) is 6.56. The van der Waals surface area contributed by atoms with E-state index in [4.69, 9.17) is 4.42 Å². The van der Waals surface area contributed by atoms with Crippen molar-refractivity contribution in [1.82, 2.24) is 9.29 Å². The molecule has 0 unspecified atom stereocenters. The lowest BCUT2D eigenvalue weighted by atomic mass is 10.2. The van der Waals surface area contributed by atoms with Gasteiger partial charge in [-0.3, -0.25) is 4.98 Å². The summed E-state index contributed by atoms with van der Waals surface area (Å²) in [5.41, 5.74) is 1.41. The Labute approximate surface area is 93.7 Å². The van der Waals surface area contributed by atoms with E-state index in [1.807, 2.05) is 0 Å². The van der Waals surface area contributed by atoms with Gasteiger partial charge in [-0.1, -0.05) is 0 Å². The van der Waals surface area contributed by atoms with Crippen LogP contribution < -0.4 is 0 Å². The van der Waals surface area contributed by atoms with Crippen molar-refractivity contribution < 1.29 is 12.8 Å². The van der Waals surface area contributed by atoms with Crippen LogP contribution >= 0.6 is 0 Å². The van der Waals surface area contributed by atoms with Gasteiger partial charge in [-0.2, -0.15) is 4.31 Å². The van der Waals surface area contributed by atoms with Crippen molar-refractivity contribution in [3.05, 3.63) is 30.3 Å². The lowest BCUT2D eigenvalue weighted by Crippen LogP contribution is -2.25. The third-order valence-corrected chi connectivity index (χ3v) is 3.66. The second-order valence-electron chi connectivity index (χ2n) is 3.61. The Morgan fingerprint density at radius 3 is 2.88 bits per heavy atom. The Balaban J connectivity index is 2.38. The minimum Gasteiger partial charge on any atom is -0.464 e. The lowest BCUT2D eigenvalue weighted by Gasteiger charge is -2.13. The molecule has 0 amide bonds. The summed E-state index contributed by atoms with van der Waals surface area (Å²) in [6, 6.07) is 3.53. The number of pyridine rings is 1.